The summed E-state index contributed by atoms with van der Waals surface area (Å²) in [6, 6.07) is 0. The van der Waals surface area contributed by atoms with E-state index in [0.29, 0.717) is 19.3 Å². The van der Waals surface area contributed by atoms with Crippen LogP contribution >= 0.6 is 0 Å². The van der Waals surface area contributed by atoms with E-state index in [1.54, 1.807) is 0 Å². The first-order valence-corrected chi connectivity index (χ1v) is 25.3. The van der Waals surface area contributed by atoms with Crippen LogP contribution in [-0.4, -0.2) is 37.2 Å². The average molecular weight is 807 g/mol. The van der Waals surface area contributed by atoms with Crippen LogP contribution in [0.1, 0.15) is 279 Å². The highest BCUT2D eigenvalue weighted by Gasteiger charge is 2.19. The molecule has 0 aliphatic heterocycles. The van der Waals surface area contributed by atoms with Gasteiger partial charge in [-0.15, -0.1) is 0 Å². The Morgan fingerprint density at radius 2 is 0.667 bits per heavy atom. The molecule has 6 nitrogen and oxygen atoms in total. The molecule has 0 radical (unpaired) electrons. The summed E-state index contributed by atoms with van der Waals surface area (Å²) in [5, 5.41) is 0. The van der Waals surface area contributed by atoms with Gasteiger partial charge in [-0.05, 0) is 31.1 Å². The minimum Gasteiger partial charge on any atom is -0.462 e. The standard InChI is InChI=1S/C51H98O6/c1-6-8-9-10-11-12-13-14-15-20-23-26-33-38-43-51(54)57-48(45-56-50(53)42-37-32-28-27-30-35-40-47(5)7-2)44-55-49(52)41-36-31-25-22-19-17-16-18-21-24-29-34-39-46(3)4/h46-48H,6-45H2,1-5H3/t47?,48-/m0/s1. The predicted octanol–water partition coefficient (Wildman–Crippen LogP) is 16.1. The summed E-state index contributed by atoms with van der Waals surface area (Å²) in [4.78, 5) is 37.9. The van der Waals surface area contributed by atoms with Crippen LogP contribution in [-0.2, 0) is 28.6 Å². The van der Waals surface area contributed by atoms with Crippen LogP contribution in [0, 0.1) is 11.8 Å². The van der Waals surface area contributed by atoms with Gasteiger partial charge in [-0.25, -0.2) is 0 Å². The minimum atomic E-state index is -0.761. The minimum absolute atomic E-state index is 0.0645. The van der Waals surface area contributed by atoms with Gasteiger partial charge >= 0.3 is 17.9 Å². The van der Waals surface area contributed by atoms with Crippen LogP contribution in [0.5, 0.6) is 0 Å². The zero-order valence-corrected chi connectivity index (χ0v) is 39.0. The van der Waals surface area contributed by atoms with Gasteiger partial charge in [0.25, 0.3) is 0 Å². The van der Waals surface area contributed by atoms with E-state index in [1.807, 2.05) is 0 Å². The highest BCUT2D eigenvalue weighted by Crippen LogP contribution is 2.17. The molecule has 0 amide bonds. The summed E-state index contributed by atoms with van der Waals surface area (Å²) < 4.78 is 16.8. The fraction of sp³-hybridized carbons (Fsp3) is 0.941. The van der Waals surface area contributed by atoms with Crippen molar-refractivity contribution in [2.24, 2.45) is 11.8 Å². The summed E-state index contributed by atoms with van der Waals surface area (Å²) in [7, 11) is 0. The molecule has 0 bridgehead atoms. The largest absolute Gasteiger partial charge is 0.462 e. The second-order valence-corrected chi connectivity index (χ2v) is 18.2. The van der Waals surface area contributed by atoms with Gasteiger partial charge in [0.15, 0.2) is 6.10 Å². The summed E-state index contributed by atoms with van der Waals surface area (Å²) in [6.07, 6.45) is 43.7. The Labute approximate surface area is 355 Å². The van der Waals surface area contributed by atoms with E-state index in [-0.39, 0.29) is 31.1 Å². The topological polar surface area (TPSA) is 78.9 Å². The molecule has 338 valence electrons. The van der Waals surface area contributed by atoms with E-state index in [2.05, 4.69) is 34.6 Å². The van der Waals surface area contributed by atoms with Gasteiger partial charge in [0, 0.05) is 19.3 Å². The van der Waals surface area contributed by atoms with Gasteiger partial charge in [-0.2, -0.15) is 0 Å². The van der Waals surface area contributed by atoms with Gasteiger partial charge in [-0.1, -0.05) is 240 Å². The van der Waals surface area contributed by atoms with Crippen LogP contribution in [0.3, 0.4) is 0 Å². The molecule has 0 saturated carbocycles. The Morgan fingerprint density at radius 1 is 0.368 bits per heavy atom. The number of esters is 3. The molecule has 0 aromatic carbocycles. The van der Waals surface area contributed by atoms with E-state index in [0.717, 1.165) is 69.6 Å². The molecule has 0 fully saturated rings. The van der Waals surface area contributed by atoms with Gasteiger partial charge in [0.2, 0.25) is 0 Å². The first-order chi connectivity index (χ1) is 27.8. The molecule has 57 heavy (non-hydrogen) atoms. The third-order valence-electron chi connectivity index (χ3n) is 11.8. The maximum atomic E-state index is 12.8. The van der Waals surface area contributed by atoms with Crippen molar-refractivity contribution >= 4 is 17.9 Å². The lowest BCUT2D eigenvalue weighted by Crippen LogP contribution is -2.30. The van der Waals surface area contributed by atoms with Crippen molar-refractivity contribution < 1.29 is 28.6 Å². The Morgan fingerprint density at radius 3 is 1.00 bits per heavy atom. The SMILES string of the molecule is CCCCCCCCCCCCCCCCC(=O)O[C@@H](COC(=O)CCCCCCCCCCCCCCC(C)C)COC(=O)CCCCCCCCC(C)CC. The first-order valence-electron chi connectivity index (χ1n) is 25.3. The Hall–Kier alpha value is -1.59. The maximum absolute atomic E-state index is 12.8. The summed E-state index contributed by atoms with van der Waals surface area (Å²) in [5.41, 5.74) is 0. The normalized spacial score (nSPS) is 12.5. The molecule has 2 atom stereocenters. The van der Waals surface area contributed by atoms with Gasteiger partial charge < -0.3 is 14.2 Å². The number of rotatable bonds is 45. The molecule has 0 aliphatic carbocycles. The van der Waals surface area contributed by atoms with Crippen LogP contribution in [0.4, 0.5) is 0 Å². The Kier molecular flexibility index (Phi) is 42.7. The monoisotopic (exact) mass is 807 g/mol. The van der Waals surface area contributed by atoms with E-state index in [1.165, 1.54) is 167 Å². The molecule has 0 rings (SSSR count). The third-order valence-corrected chi connectivity index (χ3v) is 11.8. The van der Waals surface area contributed by atoms with Gasteiger partial charge in [0.05, 0.1) is 0 Å². The number of ether oxygens (including phenoxy) is 3. The fourth-order valence-corrected chi connectivity index (χ4v) is 7.60. The molecule has 0 spiro atoms. The van der Waals surface area contributed by atoms with E-state index >= 15 is 0 Å². The van der Waals surface area contributed by atoms with Crippen LogP contribution in [0.15, 0.2) is 0 Å². The lowest BCUT2D eigenvalue weighted by Gasteiger charge is -2.18. The molecule has 0 aromatic rings. The molecule has 1 unspecified atom stereocenters. The molecule has 0 N–H and O–H groups in total. The Balaban J connectivity index is 4.31. The molecular formula is C51H98O6. The zero-order chi connectivity index (χ0) is 41.9. The second-order valence-electron chi connectivity index (χ2n) is 18.2. The van der Waals surface area contributed by atoms with Crippen LogP contribution in [0.2, 0.25) is 0 Å². The number of hydrogen-bond acceptors (Lipinski definition) is 6. The molecular weight excluding hydrogens is 709 g/mol. The second kappa shape index (κ2) is 44.0. The number of carbonyl (C=O) groups is 3. The molecule has 0 aromatic heterocycles. The summed E-state index contributed by atoms with van der Waals surface area (Å²) in [6.45, 7) is 11.3. The van der Waals surface area contributed by atoms with Gasteiger partial charge in [0.1, 0.15) is 13.2 Å². The third kappa shape index (κ3) is 43.8. The quantitative estimate of drug-likeness (QED) is 0.0346. The lowest BCUT2D eigenvalue weighted by molar-refractivity contribution is -0.167. The van der Waals surface area contributed by atoms with Crippen molar-refractivity contribution in [2.75, 3.05) is 13.2 Å². The molecule has 6 heteroatoms. The van der Waals surface area contributed by atoms with E-state index in [4.69, 9.17) is 14.2 Å². The van der Waals surface area contributed by atoms with Crippen LogP contribution < -0.4 is 0 Å². The van der Waals surface area contributed by atoms with Crippen molar-refractivity contribution in [2.45, 2.75) is 285 Å². The highest BCUT2D eigenvalue weighted by atomic mass is 16.6. The van der Waals surface area contributed by atoms with E-state index in [9.17, 15) is 14.4 Å². The molecule has 0 saturated heterocycles. The zero-order valence-electron chi connectivity index (χ0n) is 39.0. The lowest BCUT2D eigenvalue weighted by atomic mass is 10.00. The first kappa shape index (κ1) is 55.4. The average Bonchev–Trinajstić information content (AvgIpc) is 3.19. The van der Waals surface area contributed by atoms with Crippen molar-refractivity contribution in [3.63, 3.8) is 0 Å². The van der Waals surface area contributed by atoms with E-state index < -0.39 is 6.10 Å². The molecule has 0 heterocycles. The van der Waals surface area contributed by atoms with Crippen molar-refractivity contribution in [3.05, 3.63) is 0 Å². The smallest absolute Gasteiger partial charge is 0.306 e. The maximum Gasteiger partial charge on any atom is 0.306 e. The summed E-state index contributed by atoms with van der Waals surface area (Å²) in [5.74, 6) is 0.796. The van der Waals surface area contributed by atoms with Crippen molar-refractivity contribution in [1.29, 1.82) is 0 Å². The number of unbranched alkanes of at least 4 members (excludes halogenated alkanes) is 29. The predicted molar refractivity (Wildman–Crippen MR) is 243 cm³/mol. The summed E-state index contributed by atoms with van der Waals surface area (Å²) >= 11 is 0. The van der Waals surface area contributed by atoms with Gasteiger partial charge in [-0.3, -0.25) is 14.4 Å². The van der Waals surface area contributed by atoms with Crippen molar-refractivity contribution in [1.82, 2.24) is 0 Å². The molecule has 0 aliphatic rings. The highest BCUT2D eigenvalue weighted by molar-refractivity contribution is 5.71. The van der Waals surface area contributed by atoms with Crippen molar-refractivity contribution in [3.8, 4) is 0 Å². The number of carbonyl (C=O) groups excluding carboxylic acids is 3. The Bertz CT molecular complexity index is 872. The van der Waals surface area contributed by atoms with Crippen LogP contribution in [0.25, 0.3) is 0 Å². The fourth-order valence-electron chi connectivity index (χ4n) is 7.60. The number of hydrogen-bond donors (Lipinski definition) is 0.